The van der Waals surface area contributed by atoms with E-state index in [1.165, 1.54) is 0 Å². The third-order valence-corrected chi connectivity index (χ3v) is 2.22. The molecule has 0 spiro atoms. The number of thiocarbonyl (C=S) groups is 1. The van der Waals surface area contributed by atoms with Crippen LogP contribution in [0.2, 0.25) is 10.0 Å². The van der Waals surface area contributed by atoms with Gasteiger partial charge in [-0.1, -0.05) is 23.2 Å². The van der Waals surface area contributed by atoms with Crippen molar-refractivity contribution in [2.24, 2.45) is 5.10 Å². The van der Waals surface area contributed by atoms with E-state index in [4.69, 9.17) is 35.4 Å². The molecule has 1 rings (SSSR count). The summed E-state index contributed by atoms with van der Waals surface area (Å²) in [6.45, 7) is 0. The van der Waals surface area contributed by atoms with Gasteiger partial charge in [-0.3, -0.25) is 5.43 Å². The van der Waals surface area contributed by atoms with Crippen LogP contribution in [0.5, 0.6) is 0 Å². The van der Waals surface area contributed by atoms with E-state index in [9.17, 15) is 0 Å². The van der Waals surface area contributed by atoms with Crippen LogP contribution in [0.25, 0.3) is 0 Å². The van der Waals surface area contributed by atoms with Gasteiger partial charge in [-0.25, -0.2) is 0 Å². The van der Waals surface area contributed by atoms with Crippen LogP contribution in [0.4, 0.5) is 0 Å². The summed E-state index contributed by atoms with van der Waals surface area (Å²) in [6, 6.07) is 5.16. The maximum atomic E-state index is 5.81. The lowest BCUT2D eigenvalue weighted by Gasteiger charge is -2.00. The summed E-state index contributed by atoms with van der Waals surface area (Å²) in [6.07, 6.45) is 1.58. The molecule has 0 unspecified atom stereocenters. The molecular formula is C9H9Cl2N3S. The molecule has 2 N–H and O–H groups in total. The van der Waals surface area contributed by atoms with Gasteiger partial charge in [0.2, 0.25) is 0 Å². The Morgan fingerprint density at radius 3 is 2.47 bits per heavy atom. The Morgan fingerprint density at radius 1 is 1.33 bits per heavy atom. The molecule has 0 radical (unpaired) electrons. The Kier molecular flexibility index (Phi) is 4.81. The van der Waals surface area contributed by atoms with E-state index in [1.54, 1.807) is 31.5 Å². The molecule has 0 aliphatic rings. The highest BCUT2D eigenvalue weighted by molar-refractivity contribution is 7.80. The first-order valence-electron chi connectivity index (χ1n) is 4.08. The van der Waals surface area contributed by atoms with Crippen LogP contribution in [0, 0.1) is 0 Å². The largest absolute Gasteiger partial charge is 0.364 e. The number of hydrogen-bond acceptors (Lipinski definition) is 2. The Balaban J connectivity index is 2.68. The predicted molar refractivity (Wildman–Crippen MR) is 68.8 cm³/mol. The molecule has 0 aliphatic heterocycles. The highest BCUT2D eigenvalue weighted by atomic mass is 35.5. The van der Waals surface area contributed by atoms with Crippen molar-refractivity contribution in [1.82, 2.24) is 10.7 Å². The lowest BCUT2D eigenvalue weighted by molar-refractivity contribution is 0.982. The standard InChI is InChI=1S/C9H9Cl2N3S/c1-12-9(15)14-13-5-6-2-7(10)4-8(11)3-6/h2-5H,1H3,(H2,12,14,15)/b13-5-. The Labute approximate surface area is 103 Å². The fraction of sp³-hybridized carbons (Fsp3) is 0.111. The van der Waals surface area contributed by atoms with Crippen molar-refractivity contribution in [1.29, 1.82) is 0 Å². The van der Waals surface area contributed by atoms with Crippen molar-refractivity contribution in [2.45, 2.75) is 0 Å². The molecule has 3 nitrogen and oxygen atoms in total. The first kappa shape index (κ1) is 12.2. The van der Waals surface area contributed by atoms with Gasteiger partial charge in [-0.05, 0) is 36.0 Å². The number of nitrogens with zero attached hydrogens (tertiary/aromatic N) is 1. The molecule has 0 amide bonds. The molecule has 0 atom stereocenters. The Morgan fingerprint density at radius 2 is 1.93 bits per heavy atom. The highest BCUT2D eigenvalue weighted by Gasteiger charge is 1.95. The van der Waals surface area contributed by atoms with E-state index in [2.05, 4.69) is 15.8 Å². The summed E-state index contributed by atoms with van der Waals surface area (Å²) < 4.78 is 0. The van der Waals surface area contributed by atoms with Crippen molar-refractivity contribution in [3.8, 4) is 0 Å². The maximum absolute atomic E-state index is 5.81. The van der Waals surface area contributed by atoms with Crippen molar-refractivity contribution < 1.29 is 0 Å². The lowest BCUT2D eigenvalue weighted by Crippen LogP contribution is -2.28. The zero-order valence-electron chi connectivity index (χ0n) is 7.92. The first-order chi connectivity index (χ1) is 7.11. The minimum Gasteiger partial charge on any atom is -0.364 e. The molecule has 0 saturated heterocycles. The quantitative estimate of drug-likeness (QED) is 0.488. The van der Waals surface area contributed by atoms with E-state index in [-0.39, 0.29) is 0 Å². The van der Waals surface area contributed by atoms with Crippen LogP contribution in [0.15, 0.2) is 23.3 Å². The molecular weight excluding hydrogens is 253 g/mol. The smallest absolute Gasteiger partial charge is 0.186 e. The second kappa shape index (κ2) is 5.90. The van der Waals surface area contributed by atoms with Crippen LogP contribution in [0.3, 0.4) is 0 Å². The monoisotopic (exact) mass is 261 g/mol. The minimum atomic E-state index is 0.444. The molecule has 0 saturated carbocycles. The summed E-state index contributed by atoms with van der Waals surface area (Å²) in [4.78, 5) is 0. The molecule has 0 aliphatic carbocycles. The minimum absolute atomic E-state index is 0.444. The van der Waals surface area contributed by atoms with Crippen LogP contribution in [0.1, 0.15) is 5.56 Å². The normalized spacial score (nSPS) is 10.3. The van der Waals surface area contributed by atoms with Gasteiger partial charge in [0.1, 0.15) is 0 Å². The summed E-state index contributed by atoms with van der Waals surface area (Å²) in [5.74, 6) is 0. The SMILES string of the molecule is CNC(=S)N/N=C\c1cc(Cl)cc(Cl)c1. The molecule has 0 fully saturated rings. The van der Waals surface area contributed by atoms with Gasteiger partial charge in [-0.2, -0.15) is 5.10 Å². The fourth-order valence-electron chi connectivity index (χ4n) is 0.871. The Bertz CT molecular complexity index is 373. The number of hydrogen-bond donors (Lipinski definition) is 2. The van der Waals surface area contributed by atoms with Crippen LogP contribution < -0.4 is 10.7 Å². The molecule has 0 bridgehead atoms. The van der Waals surface area contributed by atoms with Crippen molar-refractivity contribution in [2.75, 3.05) is 7.05 Å². The van der Waals surface area contributed by atoms with Gasteiger partial charge in [0, 0.05) is 17.1 Å². The fourth-order valence-corrected chi connectivity index (χ4v) is 1.47. The topological polar surface area (TPSA) is 36.4 Å². The zero-order chi connectivity index (χ0) is 11.3. The van der Waals surface area contributed by atoms with E-state index in [0.29, 0.717) is 15.2 Å². The number of nitrogens with one attached hydrogen (secondary N) is 2. The van der Waals surface area contributed by atoms with Crippen LogP contribution in [-0.4, -0.2) is 18.4 Å². The molecule has 15 heavy (non-hydrogen) atoms. The van der Waals surface area contributed by atoms with E-state index < -0.39 is 0 Å². The third-order valence-electron chi connectivity index (χ3n) is 1.49. The predicted octanol–water partition coefficient (Wildman–Crippen LogP) is 2.42. The average Bonchev–Trinajstić information content (AvgIpc) is 2.16. The van der Waals surface area contributed by atoms with Crippen LogP contribution >= 0.6 is 35.4 Å². The van der Waals surface area contributed by atoms with E-state index >= 15 is 0 Å². The summed E-state index contributed by atoms with van der Waals surface area (Å²) in [5.41, 5.74) is 3.43. The second-order valence-electron chi connectivity index (χ2n) is 2.65. The van der Waals surface area contributed by atoms with Gasteiger partial charge in [0.05, 0.1) is 6.21 Å². The molecule has 1 aromatic carbocycles. The second-order valence-corrected chi connectivity index (χ2v) is 3.93. The van der Waals surface area contributed by atoms with Gasteiger partial charge in [0.15, 0.2) is 5.11 Å². The summed E-state index contributed by atoms with van der Waals surface area (Å²) >= 11 is 16.5. The summed E-state index contributed by atoms with van der Waals surface area (Å²) in [7, 11) is 1.71. The first-order valence-corrected chi connectivity index (χ1v) is 5.25. The van der Waals surface area contributed by atoms with Gasteiger partial charge in [-0.15, -0.1) is 0 Å². The number of rotatable bonds is 2. The molecule has 6 heteroatoms. The van der Waals surface area contributed by atoms with E-state index in [1.807, 2.05) is 0 Å². The summed E-state index contributed by atoms with van der Waals surface area (Å²) in [5, 5.41) is 8.21. The molecule has 0 heterocycles. The van der Waals surface area contributed by atoms with Crippen molar-refractivity contribution in [3.63, 3.8) is 0 Å². The van der Waals surface area contributed by atoms with Gasteiger partial charge >= 0.3 is 0 Å². The highest BCUT2D eigenvalue weighted by Crippen LogP contribution is 2.17. The molecule has 1 aromatic rings. The van der Waals surface area contributed by atoms with Crippen LogP contribution in [-0.2, 0) is 0 Å². The lowest BCUT2D eigenvalue weighted by atomic mass is 10.2. The third kappa shape index (κ3) is 4.46. The Hall–Kier alpha value is -0.840. The molecule has 80 valence electrons. The van der Waals surface area contributed by atoms with Crippen molar-refractivity contribution in [3.05, 3.63) is 33.8 Å². The molecule has 0 aromatic heterocycles. The van der Waals surface area contributed by atoms with Gasteiger partial charge in [0.25, 0.3) is 0 Å². The maximum Gasteiger partial charge on any atom is 0.186 e. The number of hydrazone groups is 1. The van der Waals surface area contributed by atoms with Crippen molar-refractivity contribution >= 4 is 46.7 Å². The number of benzene rings is 1. The van der Waals surface area contributed by atoms with E-state index in [0.717, 1.165) is 5.56 Å². The van der Waals surface area contributed by atoms with Gasteiger partial charge < -0.3 is 5.32 Å². The average molecular weight is 262 g/mol. The number of halogens is 2. The zero-order valence-corrected chi connectivity index (χ0v) is 10.2.